The Bertz CT molecular complexity index is 543. The van der Waals surface area contributed by atoms with Gasteiger partial charge in [0.1, 0.15) is 5.56 Å². The van der Waals surface area contributed by atoms with E-state index < -0.39 is 22.4 Å². The zero-order chi connectivity index (χ0) is 16.3. The molecule has 1 N–H and O–H groups in total. The first kappa shape index (κ1) is 16.5. The van der Waals surface area contributed by atoms with Crippen LogP contribution in [0.3, 0.4) is 0 Å². The highest BCUT2D eigenvalue weighted by Gasteiger charge is 2.38. The number of ether oxygens (including phenoxy) is 1. The summed E-state index contributed by atoms with van der Waals surface area (Å²) in [5.74, 6) is 0.348. The third-order valence-corrected chi connectivity index (χ3v) is 3.69. The van der Waals surface area contributed by atoms with Gasteiger partial charge >= 0.3 is 6.18 Å². The van der Waals surface area contributed by atoms with Gasteiger partial charge in [0.2, 0.25) is 0 Å². The van der Waals surface area contributed by atoms with E-state index in [1.807, 2.05) is 6.92 Å². The molecule has 122 valence electrons. The van der Waals surface area contributed by atoms with E-state index in [0.717, 1.165) is 25.0 Å². The van der Waals surface area contributed by atoms with Crippen LogP contribution in [0.2, 0.25) is 0 Å². The maximum atomic E-state index is 12.9. The van der Waals surface area contributed by atoms with E-state index in [9.17, 15) is 23.3 Å². The van der Waals surface area contributed by atoms with Crippen LogP contribution < -0.4 is 5.32 Å². The van der Waals surface area contributed by atoms with Crippen molar-refractivity contribution in [1.82, 2.24) is 0 Å². The largest absolute Gasteiger partial charge is 0.423 e. The Morgan fingerprint density at radius 2 is 2.09 bits per heavy atom. The molecule has 0 heterocycles. The molecule has 22 heavy (non-hydrogen) atoms. The summed E-state index contributed by atoms with van der Waals surface area (Å²) in [6.07, 6.45) is -2.77. The Kier molecular flexibility index (Phi) is 4.90. The third-order valence-electron chi connectivity index (χ3n) is 3.69. The Morgan fingerprint density at radius 1 is 1.41 bits per heavy atom. The van der Waals surface area contributed by atoms with Crippen molar-refractivity contribution >= 4 is 11.4 Å². The molecule has 0 aliphatic heterocycles. The Morgan fingerprint density at radius 3 is 2.64 bits per heavy atom. The lowest BCUT2D eigenvalue weighted by atomic mass is 9.82. The van der Waals surface area contributed by atoms with Gasteiger partial charge in [0, 0.05) is 24.9 Å². The highest BCUT2D eigenvalue weighted by atomic mass is 19.4. The number of nitro benzene ring substituents is 1. The van der Waals surface area contributed by atoms with E-state index in [2.05, 4.69) is 5.32 Å². The highest BCUT2D eigenvalue weighted by Crippen LogP contribution is 2.38. The quantitative estimate of drug-likeness (QED) is 0.639. The standard InChI is InChI=1S/C14H17F3N2O3/c1-2-22-11-5-9(6-11)8-18-10-3-4-13(19(20)21)12(7-10)14(15,16)17/h3-4,7,9,11,18H,2,5-6,8H2,1H3. The summed E-state index contributed by atoms with van der Waals surface area (Å²) in [7, 11) is 0. The van der Waals surface area contributed by atoms with Crippen molar-refractivity contribution < 1.29 is 22.8 Å². The fourth-order valence-electron chi connectivity index (χ4n) is 2.51. The van der Waals surface area contributed by atoms with E-state index in [1.54, 1.807) is 0 Å². The Hall–Kier alpha value is -1.83. The van der Waals surface area contributed by atoms with E-state index in [1.165, 1.54) is 6.07 Å². The van der Waals surface area contributed by atoms with Crippen LogP contribution in [0, 0.1) is 16.0 Å². The Balaban J connectivity index is 1.99. The number of rotatable bonds is 6. The molecule has 1 aromatic carbocycles. The normalized spacial score (nSPS) is 21.3. The SMILES string of the molecule is CCOC1CC(CNc2ccc([N+](=O)[O-])c(C(F)(F)F)c2)C1. The first-order valence-electron chi connectivity index (χ1n) is 7.02. The van der Waals surface area contributed by atoms with Crippen LogP contribution >= 0.6 is 0 Å². The molecular formula is C14H17F3N2O3. The zero-order valence-electron chi connectivity index (χ0n) is 12.0. The molecule has 0 unspecified atom stereocenters. The van der Waals surface area contributed by atoms with E-state index in [0.29, 0.717) is 19.1 Å². The molecule has 1 aliphatic carbocycles. The minimum absolute atomic E-state index is 0.234. The van der Waals surface area contributed by atoms with Crippen molar-refractivity contribution in [3.8, 4) is 0 Å². The first-order valence-corrected chi connectivity index (χ1v) is 7.02. The van der Waals surface area contributed by atoms with Crippen LogP contribution in [0.4, 0.5) is 24.5 Å². The highest BCUT2D eigenvalue weighted by molar-refractivity contribution is 5.55. The van der Waals surface area contributed by atoms with E-state index >= 15 is 0 Å². The van der Waals surface area contributed by atoms with Crippen LogP contribution in [0.25, 0.3) is 0 Å². The van der Waals surface area contributed by atoms with Crippen molar-refractivity contribution in [1.29, 1.82) is 0 Å². The predicted molar refractivity (Wildman–Crippen MR) is 74.7 cm³/mol. The molecule has 1 fully saturated rings. The lowest BCUT2D eigenvalue weighted by Gasteiger charge is -2.35. The number of halogens is 3. The molecule has 1 aliphatic rings. The smallest absolute Gasteiger partial charge is 0.385 e. The summed E-state index contributed by atoms with van der Waals surface area (Å²) in [5, 5.41) is 13.6. The van der Waals surface area contributed by atoms with Gasteiger partial charge in [0.05, 0.1) is 11.0 Å². The molecule has 0 aromatic heterocycles. The maximum absolute atomic E-state index is 12.9. The van der Waals surface area contributed by atoms with Crippen molar-refractivity contribution in [2.75, 3.05) is 18.5 Å². The molecule has 0 saturated heterocycles. The van der Waals surface area contributed by atoms with Crippen molar-refractivity contribution in [2.24, 2.45) is 5.92 Å². The molecule has 1 saturated carbocycles. The fourth-order valence-corrected chi connectivity index (χ4v) is 2.51. The maximum Gasteiger partial charge on any atom is 0.423 e. The van der Waals surface area contributed by atoms with Gasteiger partial charge in [-0.25, -0.2) is 0 Å². The van der Waals surface area contributed by atoms with Crippen LogP contribution in [-0.2, 0) is 10.9 Å². The van der Waals surface area contributed by atoms with Crippen LogP contribution in [0.15, 0.2) is 18.2 Å². The minimum atomic E-state index is -4.75. The van der Waals surface area contributed by atoms with Crippen LogP contribution in [0.5, 0.6) is 0 Å². The second-order valence-corrected chi connectivity index (χ2v) is 5.28. The molecule has 2 rings (SSSR count). The second kappa shape index (κ2) is 6.51. The molecule has 0 bridgehead atoms. The van der Waals surface area contributed by atoms with Crippen molar-refractivity contribution in [2.45, 2.75) is 32.0 Å². The lowest BCUT2D eigenvalue weighted by Crippen LogP contribution is -2.35. The molecular weight excluding hydrogens is 301 g/mol. The van der Waals surface area contributed by atoms with E-state index in [4.69, 9.17) is 4.74 Å². The molecule has 8 heteroatoms. The summed E-state index contributed by atoms with van der Waals surface area (Å²) in [4.78, 5) is 9.65. The molecule has 0 radical (unpaired) electrons. The Labute approximate surface area is 125 Å². The lowest BCUT2D eigenvalue weighted by molar-refractivity contribution is -0.388. The van der Waals surface area contributed by atoms with Gasteiger partial charge in [0.25, 0.3) is 5.69 Å². The predicted octanol–water partition coefficient (Wildman–Crippen LogP) is 3.84. The summed E-state index contributed by atoms with van der Waals surface area (Å²) in [5.41, 5.74) is -1.93. The molecule has 0 atom stereocenters. The number of nitro groups is 1. The van der Waals surface area contributed by atoms with Crippen molar-refractivity contribution in [3.05, 3.63) is 33.9 Å². The number of nitrogens with zero attached hydrogens (tertiary/aromatic N) is 1. The molecule has 0 amide bonds. The first-order chi connectivity index (χ1) is 10.3. The minimum Gasteiger partial charge on any atom is -0.385 e. The monoisotopic (exact) mass is 318 g/mol. The molecule has 0 spiro atoms. The summed E-state index contributed by atoms with van der Waals surface area (Å²) < 4.78 is 44.0. The van der Waals surface area contributed by atoms with Gasteiger partial charge in [-0.15, -0.1) is 0 Å². The summed E-state index contributed by atoms with van der Waals surface area (Å²) >= 11 is 0. The van der Waals surface area contributed by atoms with E-state index in [-0.39, 0.29) is 11.8 Å². The van der Waals surface area contributed by atoms with Gasteiger partial charge in [-0.05, 0) is 37.8 Å². The third kappa shape index (κ3) is 3.88. The zero-order valence-corrected chi connectivity index (χ0v) is 12.0. The van der Waals surface area contributed by atoms with Gasteiger partial charge in [-0.1, -0.05) is 0 Å². The number of hydrogen-bond acceptors (Lipinski definition) is 4. The summed E-state index contributed by atoms with van der Waals surface area (Å²) in [6.45, 7) is 3.10. The topological polar surface area (TPSA) is 64.4 Å². The fraction of sp³-hybridized carbons (Fsp3) is 0.571. The van der Waals surface area contributed by atoms with Gasteiger partial charge < -0.3 is 10.1 Å². The van der Waals surface area contributed by atoms with Crippen molar-refractivity contribution in [3.63, 3.8) is 0 Å². The van der Waals surface area contributed by atoms with Crippen LogP contribution in [0.1, 0.15) is 25.3 Å². The van der Waals surface area contributed by atoms with Crippen LogP contribution in [-0.4, -0.2) is 24.2 Å². The number of nitrogens with one attached hydrogen (secondary N) is 1. The molecule has 5 nitrogen and oxygen atoms in total. The number of hydrogen-bond donors (Lipinski definition) is 1. The second-order valence-electron chi connectivity index (χ2n) is 5.28. The average Bonchev–Trinajstić information content (AvgIpc) is 2.39. The number of anilines is 1. The number of alkyl halides is 3. The van der Waals surface area contributed by atoms with Gasteiger partial charge in [-0.2, -0.15) is 13.2 Å². The van der Waals surface area contributed by atoms with Gasteiger partial charge in [0.15, 0.2) is 0 Å². The molecule has 1 aromatic rings. The average molecular weight is 318 g/mol. The van der Waals surface area contributed by atoms with Gasteiger partial charge in [-0.3, -0.25) is 10.1 Å². The summed E-state index contributed by atoms with van der Waals surface area (Å²) in [6, 6.07) is 2.97. The number of benzene rings is 1.